The number of aliphatic hydroxyl groups is 1. The highest BCUT2D eigenvalue weighted by molar-refractivity contribution is 6.48. The van der Waals surface area contributed by atoms with Crippen LogP contribution in [0.15, 0.2) is 30.4 Å². The van der Waals surface area contributed by atoms with Crippen LogP contribution in [0.5, 0.6) is 11.5 Å². The van der Waals surface area contributed by atoms with Gasteiger partial charge in [-0.25, -0.2) is 0 Å². The summed E-state index contributed by atoms with van der Waals surface area (Å²) in [5.41, 5.74) is 0.0664. The Kier molecular flexibility index (Phi) is 10.9. The molecule has 2 N–H and O–H groups in total. The number of methoxy groups -OCH3 is 2. The normalized spacial score (nSPS) is 22.8. The molecule has 0 heterocycles. The lowest BCUT2D eigenvalue weighted by atomic mass is 9.74. The molecule has 4 unspecified atom stereocenters. The molecule has 1 aliphatic rings. The van der Waals surface area contributed by atoms with Gasteiger partial charge in [-0.15, -0.1) is 0 Å². The van der Waals surface area contributed by atoms with E-state index in [-0.39, 0.29) is 23.9 Å². The van der Waals surface area contributed by atoms with Crippen LogP contribution in [0.3, 0.4) is 0 Å². The van der Waals surface area contributed by atoms with E-state index in [9.17, 15) is 15.0 Å². The predicted molar refractivity (Wildman–Crippen MR) is 141 cm³/mol. The van der Waals surface area contributed by atoms with Crippen molar-refractivity contribution >= 4 is 15.0 Å². The Labute approximate surface area is 213 Å². The Bertz CT molecular complexity index is 846. The molecule has 0 aliphatic heterocycles. The first-order valence-corrected chi connectivity index (χ1v) is 15.1. The third kappa shape index (κ3) is 9.28. The molecule has 0 spiro atoms. The number of aliphatic carboxylic acids is 1. The summed E-state index contributed by atoms with van der Waals surface area (Å²) in [5.74, 6) is 1.01. The van der Waals surface area contributed by atoms with Crippen molar-refractivity contribution in [2.45, 2.75) is 90.5 Å². The average molecular weight is 506 g/mol. The summed E-state index contributed by atoms with van der Waals surface area (Å²) in [6, 6.07) is 6.01. The molecule has 1 radical (unpaired) electrons. The minimum absolute atomic E-state index is 0.0210. The van der Waals surface area contributed by atoms with Crippen molar-refractivity contribution in [1.82, 2.24) is 0 Å². The van der Waals surface area contributed by atoms with Gasteiger partial charge < -0.3 is 24.1 Å². The molecular weight excluding hydrogens is 460 g/mol. The van der Waals surface area contributed by atoms with Crippen molar-refractivity contribution in [1.29, 1.82) is 0 Å². The Morgan fingerprint density at radius 3 is 2.46 bits per heavy atom. The molecule has 1 fully saturated rings. The lowest BCUT2D eigenvalue weighted by Crippen LogP contribution is -2.37. The predicted octanol–water partition coefficient (Wildman–Crippen LogP) is 6.41. The Morgan fingerprint density at radius 1 is 1.20 bits per heavy atom. The highest BCUT2D eigenvalue weighted by Crippen LogP contribution is 2.39. The third-order valence-electron chi connectivity index (χ3n) is 6.96. The molecule has 1 aromatic rings. The fourth-order valence-corrected chi connectivity index (χ4v) is 5.89. The number of carboxylic acid groups (broad SMARTS) is 1. The molecule has 2 rings (SSSR count). The van der Waals surface area contributed by atoms with Crippen LogP contribution in [-0.2, 0) is 9.22 Å². The second-order valence-corrected chi connectivity index (χ2v) is 13.3. The number of benzene rings is 1. The fraction of sp³-hybridized carbons (Fsp3) is 0.679. The molecule has 1 aromatic carbocycles. The smallest absolute Gasteiger partial charge is 0.306 e. The van der Waals surface area contributed by atoms with E-state index >= 15 is 0 Å². The minimum atomic E-state index is -1.09. The quantitative estimate of drug-likeness (QED) is 0.252. The summed E-state index contributed by atoms with van der Waals surface area (Å²) < 4.78 is 17.3. The zero-order valence-corrected chi connectivity index (χ0v) is 23.6. The van der Waals surface area contributed by atoms with Crippen molar-refractivity contribution in [2.24, 2.45) is 17.3 Å². The summed E-state index contributed by atoms with van der Waals surface area (Å²) in [4.78, 5) is 11.2. The van der Waals surface area contributed by atoms with Crippen molar-refractivity contribution in [2.75, 3.05) is 14.2 Å². The number of carbonyl (C=O) groups is 1. The van der Waals surface area contributed by atoms with Gasteiger partial charge in [-0.05, 0) is 86.6 Å². The molecule has 7 heteroatoms. The Hall–Kier alpha value is -1.83. The van der Waals surface area contributed by atoms with E-state index in [0.29, 0.717) is 30.3 Å². The molecule has 1 aliphatic carbocycles. The largest absolute Gasteiger partial charge is 0.493 e. The van der Waals surface area contributed by atoms with Gasteiger partial charge in [-0.1, -0.05) is 39.0 Å². The maximum Gasteiger partial charge on any atom is 0.306 e. The van der Waals surface area contributed by atoms with E-state index in [1.165, 1.54) is 0 Å². The Balaban J connectivity index is 2.16. The number of allylic oxidation sites excluding steroid dienone is 2. The Morgan fingerprint density at radius 2 is 1.89 bits per heavy atom. The van der Waals surface area contributed by atoms with Crippen LogP contribution >= 0.6 is 0 Å². The van der Waals surface area contributed by atoms with Crippen molar-refractivity contribution in [3.8, 4) is 11.5 Å². The van der Waals surface area contributed by atoms with E-state index < -0.39 is 20.6 Å². The van der Waals surface area contributed by atoms with Gasteiger partial charge in [0.15, 0.2) is 11.5 Å². The monoisotopic (exact) mass is 505 g/mol. The van der Waals surface area contributed by atoms with Crippen molar-refractivity contribution in [3.05, 3.63) is 35.9 Å². The standard InChI is InChI=1S/C28H45O6Si/c1-27(2,3)22(12-10-20-9-8-16-28(31,18-20)19-26(29)30)13-15-23(34-35(6)7)21-11-14-24(32-4)25(17-21)33-5/h10-12,14,17,20,22-23,31H,8-9,13,15-16,18-19H2,1-7H3,(H,29,30). The molecular formula is C28H45O6Si. The first kappa shape index (κ1) is 29.4. The highest BCUT2D eigenvalue weighted by Gasteiger charge is 2.35. The van der Waals surface area contributed by atoms with Crippen LogP contribution in [0, 0.1) is 17.3 Å². The number of hydrogen-bond acceptors (Lipinski definition) is 5. The molecule has 0 aromatic heterocycles. The molecule has 0 amide bonds. The summed E-state index contributed by atoms with van der Waals surface area (Å²) in [5, 5.41) is 19.9. The van der Waals surface area contributed by atoms with Crippen LogP contribution in [0.4, 0.5) is 0 Å². The van der Waals surface area contributed by atoms with Gasteiger partial charge >= 0.3 is 5.97 Å². The number of carboxylic acids is 1. The van der Waals surface area contributed by atoms with Gasteiger partial charge in [0.05, 0.1) is 32.3 Å². The van der Waals surface area contributed by atoms with Gasteiger partial charge in [0, 0.05) is 0 Å². The molecule has 0 saturated heterocycles. The zero-order chi connectivity index (χ0) is 26.2. The topological polar surface area (TPSA) is 85.2 Å². The molecule has 6 nitrogen and oxygen atoms in total. The zero-order valence-electron chi connectivity index (χ0n) is 22.6. The van der Waals surface area contributed by atoms with Gasteiger partial charge in [-0.3, -0.25) is 4.79 Å². The molecule has 4 atom stereocenters. The second kappa shape index (κ2) is 12.9. The maximum absolute atomic E-state index is 11.2. The van der Waals surface area contributed by atoms with Crippen LogP contribution < -0.4 is 9.47 Å². The van der Waals surface area contributed by atoms with Gasteiger partial charge in [0.2, 0.25) is 9.04 Å². The van der Waals surface area contributed by atoms with Gasteiger partial charge in [-0.2, -0.15) is 0 Å². The lowest BCUT2D eigenvalue weighted by molar-refractivity contribution is -0.144. The first-order chi connectivity index (χ1) is 16.4. The van der Waals surface area contributed by atoms with Crippen LogP contribution in [0.1, 0.15) is 77.4 Å². The van der Waals surface area contributed by atoms with Crippen LogP contribution in [0.2, 0.25) is 13.1 Å². The van der Waals surface area contributed by atoms with Crippen molar-refractivity contribution in [3.63, 3.8) is 0 Å². The average Bonchev–Trinajstić information content (AvgIpc) is 2.75. The highest BCUT2D eigenvalue weighted by atomic mass is 28.3. The minimum Gasteiger partial charge on any atom is -0.493 e. The number of hydrogen-bond donors (Lipinski definition) is 2. The summed E-state index contributed by atoms with van der Waals surface area (Å²) in [6.45, 7) is 11.1. The maximum atomic E-state index is 11.2. The summed E-state index contributed by atoms with van der Waals surface area (Å²) in [6.07, 6.45) is 9.09. The van der Waals surface area contributed by atoms with E-state index in [1.54, 1.807) is 14.2 Å². The molecule has 1 saturated carbocycles. The lowest BCUT2D eigenvalue weighted by Gasteiger charge is -2.35. The van der Waals surface area contributed by atoms with Crippen molar-refractivity contribution < 1.29 is 28.9 Å². The summed E-state index contributed by atoms with van der Waals surface area (Å²) in [7, 11) is 2.37. The number of ether oxygens (including phenoxy) is 2. The van der Waals surface area contributed by atoms with E-state index in [0.717, 1.165) is 31.2 Å². The fourth-order valence-electron chi connectivity index (χ4n) is 5.06. The third-order valence-corrected chi connectivity index (χ3v) is 7.72. The first-order valence-electron chi connectivity index (χ1n) is 12.7. The second-order valence-electron chi connectivity index (χ2n) is 11.2. The SMILES string of the molecule is COc1ccc(C(CCC(C=CC2CCCC(O)(CC(=O)O)C2)C(C)(C)C)O[Si](C)C)cc1OC. The van der Waals surface area contributed by atoms with Crippen LogP contribution in [-0.4, -0.2) is 45.0 Å². The molecule has 197 valence electrons. The van der Waals surface area contributed by atoms with E-state index in [2.05, 4.69) is 52.1 Å². The van der Waals surface area contributed by atoms with Gasteiger partial charge in [0.25, 0.3) is 0 Å². The van der Waals surface area contributed by atoms with E-state index in [1.807, 2.05) is 12.1 Å². The molecule has 35 heavy (non-hydrogen) atoms. The van der Waals surface area contributed by atoms with Gasteiger partial charge in [0.1, 0.15) is 0 Å². The molecule has 0 bridgehead atoms. The van der Waals surface area contributed by atoms with E-state index in [4.69, 9.17) is 13.9 Å². The number of rotatable bonds is 12. The van der Waals surface area contributed by atoms with Crippen LogP contribution in [0.25, 0.3) is 0 Å². The summed E-state index contributed by atoms with van der Waals surface area (Å²) >= 11 is 0.